The van der Waals surface area contributed by atoms with Gasteiger partial charge in [-0.15, -0.1) is 11.3 Å². The van der Waals surface area contributed by atoms with Gasteiger partial charge in [0.15, 0.2) is 14.8 Å². The number of hydrogen-bond acceptors (Lipinski definition) is 6. The predicted molar refractivity (Wildman–Crippen MR) is 91.0 cm³/mol. The molecule has 2 aromatic heterocycles. The monoisotopic (exact) mass is 349 g/mol. The molecule has 23 heavy (non-hydrogen) atoms. The highest BCUT2D eigenvalue weighted by Gasteiger charge is 2.10. The molecule has 0 aliphatic heterocycles. The molecule has 1 N–H and O–H groups in total. The van der Waals surface area contributed by atoms with Gasteiger partial charge < -0.3 is 5.32 Å². The number of aromatic nitrogens is 2. The summed E-state index contributed by atoms with van der Waals surface area (Å²) in [6, 6.07) is 6.41. The Labute approximate surface area is 137 Å². The Morgan fingerprint density at radius 1 is 1.30 bits per heavy atom. The molecule has 8 heteroatoms. The molecule has 0 saturated carbocycles. The van der Waals surface area contributed by atoms with Crippen molar-refractivity contribution < 1.29 is 8.42 Å². The van der Waals surface area contributed by atoms with Gasteiger partial charge in [-0.05, 0) is 24.6 Å². The minimum absolute atomic E-state index is 0.130. The summed E-state index contributed by atoms with van der Waals surface area (Å²) in [5.74, 6) is 0. The molecule has 3 aromatic rings. The highest BCUT2D eigenvalue weighted by Crippen LogP contribution is 2.20. The van der Waals surface area contributed by atoms with Crippen molar-refractivity contribution in [1.29, 1.82) is 0 Å². The van der Waals surface area contributed by atoms with Crippen LogP contribution in [0.1, 0.15) is 11.3 Å². The lowest BCUT2D eigenvalue weighted by molar-refractivity contribution is 0.602. The third kappa shape index (κ3) is 3.27. The second kappa shape index (κ2) is 5.78. The molecule has 0 fully saturated rings. The Bertz CT molecular complexity index is 1040. The molecule has 0 aliphatic rings. The first-order valence-corrected chi connectivity index (χ1v) is 9.62. The lowest BCUT2D eigenvalue weighted by Crippen LogP contribution is -2.15. The molecule has 0 spiro atoms. The number of nitrogens with zero attached hydrogens (tertiary/aromatic N) is 2. The minimum Gasteiger partial charge on any atom is -0.379 e. The van der Waals surface area contributed by atoms with E-state index in [-0.39, 0.29) is 10.5 Å². The molecule has 0 atom stereocenters. The molecule has 3 rings (SSSR count). The van der Waals surface area contributed by atoms with Gasteiger partial charge >= 0.3 is 0 Å². The van der Waals surface area contributed by atoms with Gasteiger partial charge in [0.25, 0.3) is 5.56 Å². The summed E-state index contributed by atoms with van der Waals surface area (Å²) < 4.78 is 24.8. The van der Waals surface area contributed by atoms with Crippen molar-refractivity contribution in [3.05, 3.63) is 57.5 Å². The van der Waals surface area contributed by atoms with Crippen molar-refractivity contribution in [2.24, 2.45) is 0 Å². The summed E-state index contributed by atoms with van der Waals surface area (Å²) in [5, 5.41) is 4.96. The molecular formula is C15H15N3O3S2. The first-order chi connectivity index (χ1) is 10.8. The summed E-state index contributed by atoms with van der Waals surface area (Å²) in [6.45, 7) is 2.23. The lowest BCUT2D eigenvalue weighted by atomic mass is 10.2. The van der Waals surface area contributed by atoms with Crippen LogP contribution in [-0.4, -0.2) is 24.1 Å². The van der Waals surface area contributed by atoms with E-state index >= 15 is 0 Å². The molecule has 6 nitrogen and oxygen atoms in total. The highest BCUT2D eigenvalue weighted by molar-refractivity contribution is 7.90. The molecule has 0 saturated heterocycles. The second-order valence-electron chi connectivity index (χ2n) is 5.24. The van der Waals surface area contributed by atoms with Gasteiger partial charge in [-0.1, -0.05) is 6.07 Å². The van der Waals surface area contributed by atoms with Gasteiger partial charge in [-0.25, -0.2) is 13.4 Å². The van der Waals surface area contributed by atoms with E-state index in [0.717, 1.165) is 5.56 Å². The summed E-state index contributed by atoms with van der Waals surface area (Å²) in [5.41, 5.74) is 2.11. The number of thiazole rings is 1. The maximum atomic E-state index is 11.9. The van der Waals surface area contributed by atoms with Crippen LogP contribution in [-0.2, 0) is 16.4 Å². The average Bonchev–Trinajstić information content (AvgIpc) is 2.94. The normalized spacial score (nSPS) is 11.7. The Balaban J connectivity index is 1.88. The van der Waals surface area contributed by atoms with Crippen LogP contribution in [0.4, 0.5) is 5.69 Å². The summed E-state index contributed by atoms with van der Waals surface area (Å²) in [6.07, 6.45) is 2.86. The maximum Gasteiger partial charge on any atom is 0.258 e. The highest BCUT2D eigenvalue weighted by atomic mass is 32.2. The van der Waals surface area contributed by atoms with Crippen LogP contribution in [0.2, 0.25) is 0 Å². The molecule has 0 bridgehead atoms. The van der Waals surface area contributed by atoms with E-state index in [4.69, 9.17) is 0 Å². The first kappa shape index (κ1) is 15.7. The molecule has 2 heterocycles. The van der Waals surface area contributed by atoms with E-state index < -0.39 is 9.84 Å². The van der Waals surface area contributed by atoms with Crippen LogP contribution in [0.3, 0.4) is 0 Å². The third-order valence-electron chi connectivity index (χ3n) is 3.45. The maximum absolute atomic E-state index is 11.9. The zero-order chi connectivity index (χ0) is 16.6. The average molecular weight is 349 g/mol. The van der Waals surface area contributed by atoms with Gasteiger partial charge in [-0.3, -0.25) is 9.20 Å². The fourth-order valence-corrected chi connectivity index (χ4v) is 3.57. The van der Waals surface area contributed by atoms with Crippen molar-refractivity contribution in [1.82, 2.24) is 9.38 Å². The lowest BCUT2D eigenvalue weighted by Gasteiger charge is -2.11. The van der Waals surface area contributed by atoms with Crippen LogP contribution in [0, 0.1) is 6.92 Å². The van der Waals surface area contributed by atoms with Crippen molar-refractivity contribution in [3.8, 4) is 0 Å². The van der Waals surface area contributed by atoms with Gasteiger partial charge in [0.2, 0.25) is 0 Å². The van der Waals surface area contributed by atoms with E-state index in [2.05, 4.69) is 10.3 Å². The number of fused-ring (bicyclic) bond motifs is 1. The van der Waals surface area contributed by atoms with Gasteiger partial charge in [0, 0.05) is 29.6 Å². The van der Waals surface area contributed by atoms with E-state index in [1.54, 1.807) is 29.8 Å². The Morgan fingerprint density at radius 3 is 2.83 bits per heavy atom. The molecule has 120 valence electrons. The van der Waals surface area contributed by atoms with Crippen molar-refractivity contribution in [3.63, 3.8) is 0 Å². The zero-order valence-electron chi connectivity index (χ0n) is 12.6. The van der Waals surface area contributed by atoms with E-state index in [9.17, 15) is 13.2 Å². The molecule has 0 unspecified atom stereocenters. The van der Waals surface area contributed by atoms with Crippen LogP contribution in [0.5, 0.6) is 0 Å². The zero-order valence-corrected chi connectivity index (χ0v) is 14.2. The SMILES string of the molecule is Cc1ccc(S(C)(=O)=O)cc1NCc1cc(=O)n2ccsc2n1. The predicted octanol–water partition coefficient (Wildman–Crippen LogP) is 2.08. The smallest absolute Gasteiger partial charge is 0.258 e. The number of sulfone groups is 1. The standard InChI is InChI=1S/C15H15N3O3S2/c1-10-3-4-12(23(2,20)21)8-13(10)16-9-11-7-14(19)18-5-6-22-15(18)17-11/h3-8,16H,9H2,1-2H3. The van der Waals surface area contributed by atoms with Gasteiger partial charge in [-0.2, -0.15) is 0 Å². The number of hydrogen-bond donors (Lipinski definition) is 1. The van der Waals surface area contributed by atoms with E-state index in [1.807, 2.05) is 6.92 Å². The molecule has 0 aliphatic carbocycles. The summed E-state index contributed by atoms with van der Waals surface area (Å²) in [7, 11) is -3.26. The molecule has 0 amide bonds. The largest absolute Gasteiger partial charge is 0.379 e. The number of benzene rings is 1. The fourth-order valence-electron chi connectivity index (χ4n) is 2.19. The Kier molecular flexibility index (Phi) is 3.95. The number of rotatable bonds is 4. The van der Waals surface area contributed by atoms with Crippen LogP contribution in [0.25, 0.3) is 4.96 Å². The number of aryl methyl sites for hydroxylation is 1. The molecule has 0 radical (unpaired) electrons. The fraction of sp³-hybridized carbons (Fsp3) is 0.200. The van der Waals surface area contributed by atoms with Crippen LogP contribution >= 0.6 is 11.3 Å². The van der Waals surface area contributed by atoms with Crippen LogP contribution < -0.4 is 10.9 Å². The topological polar surface area (TPSA) is 80.5 Å². The quantitative estimate of drug-likeness (QED) is 0.780. The van der Waals surface area contributed by atoms with Crippen molar-refractivity contribution in [2.75, 3.05) is 11.6 Å². The number of anilines is 1. The Morgan fingerprint density at radius 2 is 2.09 bits per heavy atom. The Hall–Kier alpha value is -2.19. The summed E-state index contributed by atoms with van der Waals surface area (Å²) in [4.78, 5) is 17.3. The van der Waals surface area contributed by atoms with E-state index in [1.165, 1.54) is 28.1 Å². The number of nitrogens with one attached hydrogen (secondary N) is 1. The van der Waals surface area contributed by atoms with Crippen molar-refractivity contribution in [2.45, 2.75) is 18.4 Å². The molecule has 1 aromatic carbocycles. The van der Waals surface area contributed by atoms with Crippen LogP contribution in [0.15, 0.2) is 45.5 Å². The minimum atomic E-state index is -3.26. The van der Waals surface area contributed by atoms with Gasteiger partial charge in [0.1, 0.15) is 0 Å². The summed E-state index contributed by atoms with van der Waals surface area (Å²) >= 11 is 1.39. The third-order valence-corrected chi connectivity index (χ3v) is 5.32. The first-order valence-electron chi connectivity index (χ1n) is 6.85. The second-order valence-corrected chi connectivity index (χ2v) is 8.13. The molecular weight excluding hydrogens is 334 g/mol. The van der Waals surface area contributed by atoms with Gasteiger partial charge in [0.05, 0.1) is 17.1 Å². The van der Waals surface area contributed by atoms with E-state index in [0.29, 0.717) is 22.9 Å². The van der Waals surface area contributed by atoms with Crippen molar-refractivity contribution >= 4 is 31.8 Å².